The molecule has 0 aliphatic carbocycles. The third-order valence-corrected chi connectivity index (χ3v) is 12.3. The molecule has 0 aliphatic heterocycles. The maximum Gasteiger partial charge on any atom is 0.235 e. The van der Waals surface area contributed by atoms with Gasteiger partial charge < -0.3 is 8.98 Å². The summed E-state index contributed by atoms with van der Waals surface area (Å²) in [6, 6.07) is 67.7. The van der Waals surface area contributed by atoms with Gasteiger partial charge in [0.15, 0.2) is 0 Å². The van der Waals surface area contributed by atoms with E-state index in [9.17, 15) is 0 Å². The van der Waals surface area contributed by atoms with E-state index in [1.165, 1.54) is 5.39 Å². The minimum Gasteiger partial charge on any atom is -0.456 e. The predicted molar refractivity (Wildman–Crippen MR) is 255 cm³/mol. The molecule has 0 radical (unpaired) electrons. The standard InChI is InChI=1S/C56H34N6O/c1-3-12-35(13-4-1)48-33-49(36-14-5-2-6-15-36)60-56(59-48)62-51-21-10-8-17-41(51)43-31-38(23-26-53(43)62)47-19-11-18-46(58-47)37-22-25-52-42(30-37)40-16-7-9-20-50(40)61(52)39-24-27-54-44(32-39)45-34-57-29-28-55(45)63-54/h1-34H. The number of rotatable bonds is 6. The Morgan fingerprint density at radius 3 is 1.54 bits per heavy atom. The van der Waals surface area contributed by atoms with Crippen LogP contribution in [0.3, 0.4) is 0 Å². The Hall–Kier alpha value is -8.68. The molecule has 0 atom stereocenters. The van der Waals surface area contributed by atoms with E-state index >= 15 is 0 Å². The van der Waals surface area contributed by atoms with Gasteiger partial charge in [-0.3, -0.25) is 9.55 Å². The van der Waals surface area contributed by atoms with Crippen LogP contribution < -0.4 is 0 Å². The summed E-state index contributed by atoms with van der Waals surface area (Å²) < 4.78 is 10.7. The van der Waals surface area contributed by atoms with Crippen LogP contribution >= 0.6 is 0 Å². The van der Waals surface area contributed by atoms with Crippen LogP contribution in [0.5, 0.6) is 0 Å². The lowest BCUT2D eigenvalue weighted by Crippen LogP contribution is -2.04. The number of hydrogen-bond donors (Lipinski definition) is 0. The molecule has 0 amide bonds. The Kier molecular flexibility index (Phi) is 7.77. The zero-order chi connectivity index (χ0) is 41.4. The third kappa shape index (κ3) is 5.67. The van der Waals surface area contributed by atoms with E-state index in [0.29, 0.717) is 5.95 Å². The Labute approximate surface area is 360 Å². The summed E-state index contributed by atoms with van der Waals surface area (Å²) in [6.45, 7) is 0. The van der Waals surface area contributed by atoms with E-state index in [1.54, 1.807) is 6.20 Å². The molecule has 0 spiro atoms. The van der Waals surface area contributed by atoms with Crippen molar-refractivity contribution in [2.75, 3.05) is 0 Å². The highest BCUT2D eigenvalue weighted by atomic mass is 16.3. The van der Waals surface area contributed by atoms with E-state index in [0.717, 1.165) is 111 Å². The first-order valence-corrected chi connectivity index (χ1v) is 21.0. The first-order chi connectivity index (χ1) is 31.2. The largest absolute Gasteiger partial charge is 0.456 e. The molecule has 0 unspecified atom stereocenters. The number of para-hydroxylation sites is 2. The second kappa shape index (κ2) is 13.9. The lowest BCUT2D eigenvalue weighted by atomic mass is 10.0. The van der Waals surface area contributed by atoms with E-state index in [-0.39, 0.29) is 0 Å². The molecule has 6 aromatic heterocycles. The summed E-state index contributed by atoms with van der Waals surface area (Å²) in [7, 11) is 0. The quantitative estimate of drug-likeness (QED) is 0.167. The fourth-order valence-corrected chi connectivity index (χ4v) is 9.31. The fraction of sp³-hybridized carbons (Fsp3) is 0. The molecule has 0 bridgehead atoms. The topological polar surface area (TPSA) is 74.6 Å². The molecule has 63 heavy (non-hydrogen) atoms. The van der Waals surface area contributed by atoms with Gasteiger partial charge in [-0.25, -0.2) is 15.0 Å². The molecule has 7 aromatic carbocycles. The van der Waals surface area contributed by atoms with Crippen molar-refractivity contribution in [3.63, 3.8) is 0 Å². The van der Waals surface area contributed by atoms with Crippen LogP contribution in [0.1, 0.15) is 0 Å². The van der Waals surface area contributed by atoms with Gasteiger partial charge in [0.05, 0.1) is 44.8 Å². The maximum atomic E-state index is 6.14. The van der Waals surface area contributed by atoms with Crippen molar-refractivity contribution in [1.82, 2.24) is 29.1 Å². The van der Waals surface area contributed by atoms with Crippen LogP contribution in [0, 0.1) is 0 Å². The molecule has 7 nitrogen and oxygen atoms in total. The first-order valence-electron chi connectivity index (χ1n) is 21.0. The van der Waals surface area contributed by atoms with Crippen LogP contribution in [0.25, 0.3) is 122 Å². The second-order valence-electron chi connectivity index (χ2n) is 15.9. The van der Waals surface area contributed by atoms with Crippen molar-refractivity contribution >= 4 is 65.6 Å². The smallest absolute Gasteiger partial charge is 0.235 e. The van der Waals surface area contributed by atoms with Gasteiger partial charge in [0.1, 0.15) is 11.2 Å². The molecular formula is C56H34N6O. The van der Waals surface area contributed by atoms with Crippen molar-refractivity contribution in [3.8, 4) is 56.7 Å². The minimum absolute atomic E-state index is 0.624. The molecule has 0 saturated carbocycles. The van der Waals surface area contributed by atoms with Crippen molar-refractivity contribution in [1.29, 1.82) is 0 Å². The van der Waals surface area contributed by atoms with Crippen LogP contribution in [0.4, 0.5) is 0 Å². The minimum atomic E-state index is 0.624. The van der Waals surface area contributed by atoms with E-state index in [1.807, 2.05) is 48.7 Å². The number of furan rings is 1. The molecule has 0 fully saturated rings. The average molecular weight is 807 g/mol. The first kappa shape index (κ1) is 35.1. The summed E-state index contributed by atoms with van der Waals surface area (Å²) in [5.74, 6) is 0.624. The zero-order valence-corrected chi connectivity index (χ0v) is 33.7. The summed E-state index contributed by atoms with van der Waals surface area (Å²) in [5, 5.41) is 6.63. The molecule has 0 aliphatic rings. The lowest BCUT2D eigenvalue weighted by Gasteiger charge is -2.12. The lowest BCUT2D eigenvalue weighted by molar-refractivity contribution is 0.668. The third-order valence-electron chi connectivity index (χ3n) is 12.3. The summed E-state index contributed by atoms with van der Waals surface area (Å²) >= 11 is 0. The van der Waals surface area contributed by atoms with Crippen molar-refractivity contribution < 1.29 is 4.42 Å². The highest BCUT2D eigenvalue weighted by molar-refractivity contribution is 6.12. The summed E-state index contributed by atoms with van der Waals surface area (Å²) in [6.07, 6.45) is 3.65. The number of fused-ring (bicyclic) bond motifs is 9. The van der Waals surface area contributed by atoms with Gasteiger partial charge in [-0.1, -0.05) is 115 Å². The molecule has 294 valence electrons. The molecular weight excluding hydrogens is 773 g/mol. The van der Waals surface area contributed by atoms with Crippen molar-refractivity contribution in [3.05, 3.63) is 207 Å². The van der Waals surface area contributed by atoms with Crippen LogP contribution in [-0.2, 0) is 0 Å². The normalized spacial score (nSPS) is 11.8. The number of aromatic nitrogens is 6. The number of pyridine rings is 2. The molecule has 13 aromatic rings. The molecule has 6 heterocycles. The monoisotopic (exact) mass is 806 g/mol. The Morgan fingerprint density at radius 2 is 0.889 bits per heavy atom. The van der Waals surface area contributed by atoms with Crippen LogP contribution in [0.15, 0.2) is 211 Å². The Morgan fingerprint density at radius 1 is 0.333 bits per heavy atom. The number of benzene rings is 7. The van der Waals surface area contributed by atoms with Gasteiger partial charge in [0, 0.05) is 72.7 Å². The van der Waals surface area contributed by atoms with Crippen LogP contribution in [0.2, 0.25) is 0 Å². The predicted octanol–water partition coefficient (Wildman–Crippen LogP) is 14.0. The summed E-state index contributed by atoms with van der Waals surface area (Å²) in [5.41, 5.74) is 14.8. The van der Waals surface area contributed by atoms with Crippen LogP contribution in [-0.4, -0.2) is 29.1 Å². The molecule has 7 heteroatoms. The van der Waals surface area contributed by atoms with Gasteiger partial charge >= 0.3 is 0 Å². The van der Waals surface area contributed by atoms with Gasteiger partial charge in [-0.05, 0) is 78.9 Å². The fourth-order valence-electron chi connectivity index (χ4n) is 9.31. The molecule has 0 N–H and O–H groups in total. The van der Waals surface area contributed by atoms with E-state index in [4.69, 9.17) is 19.4 Å². The summed E-state index contributed by atoms with van der Waals surface area (Å²) in [4.78, 5) is 20.1. The Bertz CT molecular complexity index is 3860. The number of hydrogen-bond acceptors (Lipinski definition) is 5. The SMILES string of the molecule is c1ccc(-c2cc(-c3ccccc3)nc(-n3c4ccccc4c4cc(-c5cccc(-c6ccc7c(c6)c6ccccc6n7-c6ccc7oc8ccncc8c7c6)n5)ccc43)n2)cc1. The highest BCUT2D eigenvalue weighted by Gasteiger charge is 2.19. The van der Waals surface area contributed by atoms with E-state index in [2.05, 4.69) is 166 Å². The van der Waals surface area contributed by atoms with Crippen molar-refractivity contribution in [2.24, 2.45) is 0 Å². The number of nitrogens with zero attached hydrogens (tertiary/aromatic N) is 6. The van der Waals surface area contributed by atoms with Gasteiger partial charge in [-0.15, -0.1) is 0 Å². The second-order valence-corrected chi connectivity index (χ2v) is 15.9. The highest BCUT2D eigenvalue weighted by Crippen LogP contribution is 2.39. The van der Waals surface area contributed by atoms with E-state index < -0.39 is 0 Å². The van der Waals surface area contributed by atoms with Gasteiger partial charge in [-0.2, -0.15) is 0 Å². The maximum absolute atomic E-state index is 6.14. The van der Waals surface area contributed by atoms with Gasteiger partial charge in [0.2, 0.25) is 5.95 Å². The Balaban J connectivity index is 0.920. The molecule has 13 rings (SSSR count). The van der Waals surface area contributed by atoms with Gasteiger partial charge in [0.25, 0.3) is 0 Å². The zero-order valence-electron chi connectivity index (χ0n) is 33.7. The average Bonchev–Trinajstić information content (AvgIpc) is 4.01. The molecule has 0 saturated heterocycles. The van der Waals surface area contributed by atoms with Crippen molar-refractivity contribution in [2.45, 2.75) is 0 Å².